The van der Waals surface area contributed by atoms with Crippen molar-refractivity contribution >= 4 is 11.7 Å². The first-order valence-corrected chi connectivity index (χ1v) is 5.24. The van der Waals surface area contributed by atoms with E-state index < -0.39 is 11.7 Å². The third-order valence-electron chi connectivity index (χ3n) is 2.60. The maximum absolute atomic E-state index is 12.6. The summed E-state index contributed by atoms with van der Waals surface area (Å²) in [6, 6.07) is 4.99. The highest BCUT2D eigenvalue weighted by molar-refractivity contribution is 6.02. The van der Waals surface area contributed by atoms with Crippen LogP contribution in [0, 0.1) is 5.41 Å². The topological polar surface area (TPSA) is 65.5 Å². The fourth-order valence-corrected chi connectivity index (χ4v) is 1.71. The van der Waals surface area contributed by atoms with Gasteiger partial charge in [-0.2, -0.15) is 18.3 Å². The summed E-state index contributed by atoms with van der Waals surface area (Å²) < 4.78 is 37.7. The van der Waals surface area contributed by atoms with Crippen molar-refractivity contribution < 1.29 is 13.2 Å². The summed E-state index contributed by atoms with van der Waals surface area (Å²) in [6.45, 7) is 0.418. The van der Waals surface area contributed by atoms with E-state index >= 15 is 0 Å². The molecule has 0 atom stereocenters. The number of rotatable bonds is 1. The van der Waals surface area contributed by atoms with Gasteiger partial charge in [0.15, 0.2) is 0 Å². The summed E-state index contributed by atoms with van der Waals surface area (Å²) in [5.41, 5.74) is 5.48. The molecule has 0 fully saturated rings. The molecule has 3 N–H and O–H groups in total. The first-order chi connectivity index (χ1) is 8.38. The monoisotopic (exact) mass is 256 g/mol. The minimum Gasteiger partial charge on any atom is -0.369 e. The van der Waals surface area contributed by atoms with Crippen LogP contribution in [0.3, 0.4) is 0 Å². The van der Waals surface area contributed by atoms with Gasteiger partial charge < -0.3 is 5.73 Å². The van der Waals surface area contributed by atoms with Crippen molar-refractivity contribution in [3.05, 3.63) is 35.4 Å². The SMILES string of the molecule is N=C(N)N1CCC(c2cccc(C(F)(F)F)c2)=N1. The predicted molar refractivity (Wildman–Crippen MR) is 61.2 cm³/mol. The summed E-state index contributed by atoms with van der Waals surface area (Å²) in [6.07, 6.45) is -3.89. The molecule has 0 aliphatic carbocycles. The molecule has 0 aromatic heterocycles. The Morgan fingerprint density at radius 3 is 2.67 bits per heavy atom. The second-order valence-corrected chi connectivity index (χ2v) is 3.88. The Bertz CT molecular complexity index is 507. The van der Waals surface area contributed by atoms with Crippen LogP contribution in [0.4, 0.5) is 13.2 Å². The van der Waals surface area contributed by atoms with Crippen LogP contribution in [0.1, 0.15) is 17.5 Å². The van der Waals surface area contributed by atoms with E-state index in [0.717, 1.165) is 12.1 Å². The molecule has 0 bridgehead atoms. The molecule has 1 aliphatic heterocycles. The van der Waals surface area contributed by atoms with Gasteiger partial charge in [-0.25, -0.2) is 5.01 Å². The van der Waals surface area contributed by atoms with Crippen LogP contribution in [0.5, 0.6) is 0 Å². The highest BCUT2D eigenvalue weighted by Gasteiger charge is 2.31. The van der Waals surface area contributed by atoms with Crippen LogP contribution in [0.25, 0.3) is 0 Å². The molecule has 1 aromatic carbocycles. The van der Waals surface area contributed by atoms with E-state index in [1.54, 1.807) is 6.07 Å². The lowest BCUT2D eigenvalue weighted by atomic mass is 10.0. The van der Waals surface area contributed by atoms with Crippen molar-refractivity contribution in [2.45, 2.75) is 12.6 Å². The Labute approximate surface area is 101 Å². The van der Waals surface area contributed by atoms with E-state index in [-0.39, 0.29) is 5.96 Å². The lowest BCUT2D eigenvalue weighted by Crippen LogP contribution is -2.29. The Morgan fingerprint density at radius 2 is 2.11 bits per heavy atom. The van der Waals surface area contributed by atoms with Crippen LogP contribution in [0.2, 0.25) is 0 Å². The molecule has 18 heavy (non-hydrogen) atoms. The molecule has 0 radical (unpaired) electrons. The van der Waals surface area contributed by atoms with Gasteiger partial charge in [0.05, 0.1) is 17.8 Å². The van der Waals surface area contributed by atoms with Gasteiger partial charge in [-0.15, -0.1) is 0 Å². The lowest BCUT2D eigenvalue weighted by Gasteiger charge is -2.09. The van der Waals surface area contributed by atoms with Crippen molar-refractivity contribution in [1.29, 1.82) is 5.41 Å². The normalized spacial score (nSPS) is 15.7. The molecule has 1 aromatic rings. The fourth-order valence-electron chi connectivity index (χ4n) is 1.71. The largest absolute Gasteiger partial charge is 0.416 e. The minimum atomic E-state index is -4.37. The number of benzene rings is 1. The van der Waals surface area contributed by atoms with Crippen LogP contribution < -0.4 is 5.73 Å². The number of nitrogens with zero attached hydrogens (tertiary/aromatic N) is 2. The molecule has 1 heterocycles. The van der Waals surface area contributed by atoms with Crippen molar-refractivity contribution in [3.8, 4) is 0 Å². The van der Waals surface area contributed by atoms with Crippen LogP contribution in [-0.4, -0.2) is 23.2 Å². The molecular weight excluding hydrogens is 245 g/mol. The number of nitrogens with one attached hydrogen (secondary N) is 1. The molecule has 4 nitrogen and oxygen atoms in total. The van der Waals surface area contributed by atoms with E-state index in [1.165, 1.54) is 11.1 Å². The Hall–Kier alpha value is -2.05. The standard InChI is InChI=1S/C11H11F3N4/c12-11(13,14)8-3-1-2-7(6-8)9-4-5-18(17-9)10(15)16/h1-3,6H,4-5H2,(H3,15,16). The number of guanidine groups is 1. The predicted octanol–water partition coefficient (Wildman–Crippen LogP) is 2.01. The Balaban J connectivity index is 2.30. The van der Waals surface area contributed by atoms with Crippen molar-refractivity contribution in [3.63, 3.8) is 0 Å². The Kier molecular flexibility index (Phi) is 2.98. The maximum Gasteiger partial charge on any atom is 0.416 e. The van der Waals surface area contributed by atoms with Crippen LogP contribution >= 0.6 is 0 Å². The van der Waals surface area contributed by atoms with Gasteiger partial charge in [0.2, 0.25) is 5.96 Å². The van der Waals surface area contributed by atoms with Crippen molar-refractivity contribution in [1.82, 2.24) is 5.01 Å². The lowest BCUT2D eigenvalue weighted by molar-refractivity contribution is -0.137. The zero-order valence-corrected chi connectivity index (χ0v) is 9.33. The minimum absolute atomic E-state index is 0.211. The number of alkyl halides is 3. The second-order valence-electron chi connectivity index (χ2n) is 3.88. The molecule has 2 rings (SSSR count). The number of hydrogen-bond acceptors (Lipinski definition) is 2. The summed E-state index contributed by atoms with van der Waals surface area (Å²) in [4.78, 5) is 0. The molecule has 0 saturated carbocycles. The van der Waals surface area contributed by atoms with Crippen LogP contribution in [-0.2, 0) is 6.18 Å². The third-order valence-corrected chi connectivity index (χ3v) is 2.60. The second kappa shape index (κ2) is 4.32. The first-order valence-electron chi connectivity index (χ1n) is 5.24. The summed E-state index contributed by atoms with van der Waals surface area (Å²) in [5, 5.41) is 12.5. The average molecular weight is 256 g/mol. The van der Waals surface area contributed by atoms with Crippen LogP contribution in [0.15, 0.2) is 29.4 Å². The zero-order valence-electron chi connectivity index (χ0n) is 9.33. The molecule has 1 aliphatic rings. The zero-order chi connectivity index (χ0) is 13.3. The van der Waals surface area contributed by atoms with Gasteiger partial charge >= 0.3 is 6.18 Å². The maximum atomic E-state index is 12.6. The highest BCUT2D eigenvalue weighted by Crippen LogP contribution is 2.30. The van der Waals surface area contributed by atoms with Crippen molar-refractivity contribution in [2.24, 2.45) is 10.8 Å². The molecular formula is C11H11F3N4. The smallest absolute Gasteiger partial charge is 0.369 e. The number of hydrazone groups is 1. The number of hydrogen-bond donors (Lipinski definition) is 2. The molecule has 0 saturated heterocycles. The molecule has 0 unspecified atom stereocenters. The fraction of sp³-hybridized carbons (Fsp3) is 0.273. The quantitative estimate of drug-likeness (QED) is 0.596. The van der Waals surface area contributed by atoms with E-state index in [0.29, 0.717) is 24.2 Å². The number of nitrogens with two attached hydrogens (primary N) is 1. The number of halogens is 3. The van der Waals surface area contributed by atoms with E-state index in [4.69, 9.17) is 11.1 Å². The Morgan fingerprint density at radius 1 is 1.39 bits per heavy atom. The van der Waals surface area contributed by atoms with E-state index in [1.807, 2.05) is 0 Å². The average Bonchev–Trinajstić information content (AvgIpc) is 2.77. The molecule has 96 valence electrons. The summed E-state index contributed by atoms with van der Waals surface area (Å²) >= 11 is 0. The van der Waals surface area contributed by atoms with Gasteiger partial charge in [-0.1, -0.05) is 12.1 Å². The molecule has 0 amide bonds. The first kappa shape index (κ1) is 12.4. The van der Waals surface area contributed by atoms with E-state index in [9.17, 15) is 13.2 Å². The molecule has 7 heteroatoms. The van der Waals surface area contributed by atoms with Gasteiger partial charge in [0, 0.05) is 6.42 Å². The summed E-state index contributed by atoms with van der Waals surface area (Å²) in [5.74, 6) is -0.211. The third kappa shape index (κ3) is 2.44. The highest BCUT2D eigenvalue weighted by atomic mass is 19.4. The van der Waals surface area contributed by atoms with Gasteiger partial charge in [0.1, 0.15) is 0 Å². The summed E-state index contributed by atoms with van der Waals surface area (Å²) in [7, 11) is 0. The van der Waals surface area contributed by atoms with E-state index in [2.05, 4.69) is 5.10 Å². The van der Waals surface area contributed by atoms with Gasteiger partial charge in [-0.3, -0.25) is 5.41 Å². The van der Waals surface area contributed by atoms with Gasteiger partial charge in [-0.05, 0) is 17.7 Å². The van der Waals surface area contributed by atoms with Crippen molar-refractivity contribution in [2.75, 3.05) is 6.54 Å². The van der Waals surface area contributed by atoms with Gasteiger partial charge in [0.25, 0.3) is 0 Å². The molecule has 0 spiro atoms.